The summed E-state index contributed by atoms with van der Waals surface area (Å²) in [5, 5.41) is 0. The number of carbonyl (C=O) groups is 1. The Kier molecular flexibility index (Phi) is 4.51. The maximum absolute atomic E-state index is 11.5. The molecular weight excluding hydrogens is 234 g/mol. The minimum Gasteiger partial charge on any atom is -0.366 e. The molecule has 0 unspecified atom stereocenters. The average Bonchev–Trinajstić information content (AvgIpc) is 2.45. The van der Waals surface area contributed by atoms with Gasteiger partial charge in [0, 0.05) is 12.0 Å². The van der Waals surface area contributed by atoms with Crippen LogP contribution in [0.2, 0.25) is 0 Å². The minimum absolute atomic E-state index is 0.347. The molecule has 0 aliphatic heterocycles. The van der Waals surface area contributed by atoms with Crippen LogP contribution in [0.25, 0.3) is 0 Å². The number of carbonyl (C=O) groups excluding carboxylic acids is 1. The summed E-state index contributed by atoms with van der Waals surface area (Å²) in [5.74, 6) is -0.347. The van der Waals surface area contributed by atoms with Crippen LogP contribution in [0.3, 0.4) is 0 Å². The van der Waals surface area contributed by atoms with Crippen molar-refractivity contribution in [1.82, 2.24) is 0 Å². The lowest BCUT2D eigenvalue weighted by molar-refractivity contribution is -0.114. The lowest BCUT2D eigenvalue weighted by Crippen LogP contribution is -2.16. The van der Waals surface area contributed by atoms with Crippen molar-refractivity contribution >= 4 is 5.91 Å². The normalized spacial score (nSPS) is 11.3. The third-order valence-corrected chi connectivity index (χ3v) is 2.98. The lowest BCUT2D eigenvalue weighted by atomic mass is 10.0. The molecule has 2 aromatic rings. The van der Waals surface area contributed by atoms with Crippen LogP contribution >= 0.6 is 0 Å². The van der Waals surface area contributed by atoms with Gasteiger partial charge < -0.3 is 5.73 Å². The van der Waals surface area contributed by atoms with E-state index in [1.165, 1.54) is 5.56 Å². The fourth-order valence-corrected chi connectivity index (χ4v) is 1.93. The van der Waals surface area contributed by atoms with Gasteiger partial charge in [0.15, 0.2) is 0 Å². The van der Waals surface area contributed by atoms with E-state index in [4.69, 9.17) is 5.73 Å². The Morgan fingerprint density at radius 3 is 1.95 bits per heavy atom. The molecule has 2 nitrogen and oxygen atoms in total. The second-order valence-corrected chi connectivity index (χ2v) is 4.45. The summed E-state index contributed by atoms with van der Waals surface area (Å²) in [4.78, 5) is 11.5. The molecule has 0 radical (unpaired) electrons. The van der Waals surface area contributed by atoms with E-state index < -0.39 is 0 Å². The second-order valence-electron chi connectivity index (χ2n) is 4.45. The van der Waals surface area contributed by atoms with E-state index in [1.807, 2.05) is 66.7 Å². The van der Waals surface area contributed by atoms with Crippen molar-refractivity contribution in [3.63, 3.8) is 0 Å². The summed E-state index contributed by atoms with van der Waals surface area (Å²) in [7, 11) is 0. The van der Waals surface area contributed by atoms with Gasteiger partial charge in [0.1, 0.15) is 0 Å². The molecule has 2 heteroatoms. The highest BCUT2D eigenvalue weighted by Gasteiger charge is 2.05. The zero-order chi connectivity index (χ0) is 13.5. The van der Waals surface area contributed by atoms with Gasteiger partial charge in [-0.3, -0.25) is 4.79 Å². The first kappa shape index (κ1) is 13.1. The first-order valence-electron chi connectivity index (χ1n) is 6.32. The third-order valence-electron chi connectivity index (χ3n) is 2.98. The first-order valence-corrected chi connectivity index (χ1v) is 6.32. The van der Waals surface area contributed by atoms with Gasteiger partial charge in [0.25, 0.3) is 0 Å². The standard InChI is InChI=1S/C17H17NO/c18-17(19)16(13-15-9-5-2-6-10-15)12-11-14-7-3-1-4-8-14/h1-10,12H,11,13H2,(H2,18,19)/b16-12-. The molecule has 0 aliphatic rings. The Morgan fingerprint density at radius 1 is 0.895 bits per heavy atom. The van der Waals surface area contributed by atoms with Crippen molar-refractivity contribution < 1.29 is 4.79 Å². The van der Waals surface area contributed by atoms with Crippen molar-refractivity contribution in [2.24, 2.45) is 5.73 Å². The van der Waals surface area contributed by atoms with Crippen LogP contribution in [0.5, 0.6) is 0 Å². The van der Waals surface area contributed by atoms with E-state index in [0.29, 0.717) is 12.0 Å². The predicted octanol–water partition coefficient (Wildman–Crippen LogP) is 2.88. The highest BCUT2D eigenvalue weighted by atomic mass is 16.1. The molecule has 0 aliphatic carbocycles. The van der Waals surface area contributed by atoms with Crippen LogP contribution in [-0.2, 0) is 17.6 Å². The van der Waals surface area contributed by atoms with E-state index in [0.717, 1.165) is 12.0 Å². The Balaban J connectivity index is 2.10. The highest BCUT2D eigenvalue weighted by Crippen LogP contribution is 2.10. The molecular formula is C17H17NO. The van der Waals surface area contributed by atoms with Gasteiger partial charge >= 0.3 is 0 Å². The number of hydrogen-bond acceptors (Lipinski definition) is 1. The monoisotopic (exact) mass is 251 g/mol. The summed E-state index contributed by atoms with van der Waals surface area (Å²) >= 11 is 0. The van der Waals surface area contributed by atoms with Gasteiger partial charge in [-0.05, 0) is 17.5 Å². The fourth-order valence-electron chi connectivity index (χ4n) is 1.93. The van der Waals surface area contributed by atoms with Crippen LogP contribution in [-0.4, -0.2) is 5.91 Å². The van der Waals surface area contributed by atoms with Crippen LogP contribution < -0.4 is 5.73 Å². The summed E-state index contributed by atoms with van der Waals surface area (Å²) in [6.07, 6.45) is 3.24. The summed E-state index contributed by atoms with van der Waals surface area (Å²) in [5.41, 5.74) is 8.38. The molecule has 19 heavy (non-hydrogen) atoms. The zero-order valence-electron chi connectivity index (χ0n) is 10.8. The number of hydrogen-bond donors (Lipinski definition) is 1. The third kappa shape index (κ3) is 4.11. The van der Waals surface area contributed by atoms with Gasteiger partial charge in [0.2, 0.25) is 5.91 Å². The van der Waals surface area contributed by atoms with Crippen LogP contribution in [0, 0.1) is 0 Å². The van der Waals surface area contributed by atoms with E-state index >= 15 is 0 Å². The number of allylic oxidation sites excluding steroid dienone is 1. The van der Waals surface area contributed by atoms with Crippen LogP contribution in [0.15, 0.2) is 72.3 Å². The average molecular weight is 251 g/mol. The topological polar surface area (TPSA) is 43.1 Å². The smallest absolute Gasteiger partial charge is 0.244 e. The predicted molar refractivity (Wildman–Crippen MR) is 77.6 cm³/mol. The highest BCUT2D eigenvalue weighted by molar-refractivity contribution is 5.92. The molecule has 0 fully saturated rings. The molecule has 0 saturated carbocycles. The molecule has 2 N–H and O–H groups in total. The number of amides is 1. The maximum atomic E-state index is 11.5. The quantitative estimate of drug-likeness (QED) is 0.816. The van der Waals surface area contributed by atoms with Crippen molar-refractivity contribution in [2.75, 3.05) is 0 Å². The molecule has 2 rings (SSSR count). The van der Waals surface area contributed by atoms with Gasteiger partial charge in [-0.2, -0.15) is 0 Å². The Labute approximate surface area is 113 Å². The molecule has 0 heterocycles. The van der Waals surface area contributed by atoms with E-state index in [2.05, 4.69) is 0 Å². The van der Waals surface area contributed by atoms with Gasteiger partial charge in [-0.15, -0.1) is 0 Å². The fraction of sp³-hybridized carbons (Fsp3) is 0.118. The summed E-state index contributed by atoms with van der Waals surface area (Å²) in [6, 6.07) is 19.9. The SMILES string of the molecule is NC(=O)/C(=C\Cc1ccccc1)Cc1ccccc1. The molecule has 0 saturated heterocycles. The van der Waals surface area contributed by atoms with E-state index in [9.17, 15) is 4.79 Å². The van der Waals surface area contributed by atoms with E-state index in [-0.39, 0.29) is 5.91 Å². The van der Waals surface area contributed by atoms with Crippen LogP contribution in [0.1, 0.15) is 11.1 Å². The Hall–Kier alpha value is -2.35. The van der Waals surface area contributed by atoms with Gasteiger partial charge in [-0.1, -0.05) is 66.7 Å². The number of primary amides is 1. The molecule has 0 bridgehead atoms. The maximum Gasteiger partial charge on any atom is 0.244 e. The van der Waals surface area contributed by atoms with E-state index in [1.54, 1.807) is 0 Å². The number of rotatable bonds is 5. The molecule has 1 amide bonds. The minimum atomic E-state index is -0.347. The first-order chi connectivity index (χ1) is 9.25. The van der Waals surface area contributed by atoms with Crippen molar-refractivity contribution in [3.05, 3.63) is 83.4 Å². The Morgan fingerprint density at radius 2 is 1.42 bits per heavy atom. The molecule has 96 valence electrons. The summed E-state index contributed by atoms with van der Waals surface area (Å²) < 4.78 is 0. The largest absolute Gasteiger partial charge is 0.366 e. The Bertz CT molecular complexity index is 558. The van der Waals surface area contributed by atoms with Crippen LogP contribution in [0.4, 0.5) is 0 Å². The molecule has 0 spiro atoms. The molecule has 0 aromatic heterocycles. The zero-order valence-corrected chi connectivity index (χ0v) is 10.8. The molecule has 0 atom stereocenters. The number of nitrogens with two attached hydrogens (primary N) is 1. The molecule has 2 aromatic carbocycles. The van der Waals surface area contributed by atoms with Crippen molar-refractivity contribution in [2.45, 2.75) is 12.8 Å². The van der Waals surface area contributed by atoms with Gasteiger partial charge in [0.05, 0.1) is 0 Å². The van der Waals surface area contributed by atoms with Crippen molar-refractivity contribution in [3.8, 4) is 0 Å². The second kappa shape index (κ2) is 6.55. The lowest BCUT2D eigenvalue weighted by Gasteiger charge is -2.04. The van der Waals surface area contributed by atoms with Crippen molar-refractivity contribution in [1.29, 1.82) is 0 Å². The summed E-state index contributed by atoms with van der Waals surface area (Å²) in [6.45, 7) is 0. The number of benzene rings is 2. The van der Waals surface area contributed by atoms with Gasteiger partial charge in [-0.25, -0.2) is 0 Å².